The van der Waals surface area contributed by atoms with Crippen molar-refractivity contribution in [1.82, 2.24) is 4.72 Å². The summed E-state index contributed by atoms with van der Waals surface area (Å²) < 4.78 is 29.6. The normalized spacial score (nSPS) is 11.1. The SMILES string of the molecule is CCOC(=O)CS(=O)(=O)NCCCCC(N)=S. The third-order valence-electron chi connectivity index (χ3n) is 1.79. The van der Waals surface area contributed by atoms with E-state index in [1.165, 1.54) is 0 Å². The fourth-order valence-corrected chi connectivity index (χ4v) is 2.16. The van der Waals surface area contributed by atoms with Crippen LogP contribution in [0.1, 0.15) is 26.2 Å². The molecular formula is C9H18N2O4S2. The molecular weight excluding hydrogens is 264 g/mol. The molecule has 0 atom stereocenters. The summed E-state index contributed by atoms with van der Waals surface area (Å²) in [4.78, 5) is 11.4. The molecule has 0 rings (SSSR count). The van der Waals surface area contributed by atoms with Gasteiger partial charge in [0.25, 0.3) is 0 Å². The number of sulfonamides is 1. The van der Waals surface area contributed by atoms with Gasteiger partial charge in [0, 0.05) is 6.54 Å². The van der Waals surface area contributed by atoms with Crippen LogP contribution in [0.5, 0.6) is 0 Å². The van der Waals surface area contributed by atoms with Gasteiger partial charge in [-0.2, -0.15) is 0 Å². The largest absolute Gasteiger partial charge is 0.465 e. The lowest BCUT2D eigenvalue weighted by Gasteiger charge is -2.06. The molecule has 6 nitrogen and oxygen atoms in total. The molecule has 0 heterocycles. The van der Waals surface area contributed by atoms with Gasteiger partial charge in [-0.25, -0.2) is 13.1 Å². The molecule has 8 heteroatoms. The zero-order valence-corrected chi connectivity index (χ0v) is 11.4. The van der Waals surface area contributed by atoms with E-state index >= 15 is 0 Å². The van der Waals surface area contributed by atoms with E-state index in [1.54, 1.807) is 6.92 Å². The van der Waals surface area contributed by atoms with Crippen molar-refractivity contribution in [3.63, 3.8) is 0 Å². The van der Waals surface area contributed by atoms with Gasteiger partial charge in [0.15, 0.2) is 5.75 Å². The first-order valence-corrected chi connectivity index (χ1v) is 7.34. The van der Waals surface area contributed by atoms with Crippen molar-refractivity contribution in [1.29, 1.82) is 0 Å². The highest BCUT2D eigenvalue weighted by Crippen LogP contribution is 1.95. The molecule has 0 radical (unpaired) electrons. The molecule has 0 fully saturated rings. The summed E-state index contributed by atoms with van der Waals surface area (Å²) in [5.41, 5.74) is 5.29. The molecule has 0 aliphatic rings. The number of hydrogen-bond acceptors (Lipinski definition) is 5. The molecule has 0 saturated heterocycles. The minimum absolute atomic E-state index is 0.169. The summed E-state index contributed by atoms with van der Waals surface area (Å²) in [6.07, 6.45) is 1.94. The van der Waals surface area contributed by atoms with Gasteiger partial charge in [-0.15, -0.1) is 0 Å². The first-order valence-electron chi connectivity index (χ1n) is 5.28. The zero-order valence-electron chi connectivity index (χ0n) is 9.77. The van der Waals surface area contributed by atoms with Crippen molar-refractivity contribution in [3.8, 4) is 0 Å². The highest BCUT2D eigenvalue weighted by molar-refractivity contribution is 7.90. The van der Waals surface area contributed by atoms with E-state index in [9.17, 15) is 13.2 Å². The van der Waals surface area contributed by atoms with Crippen LogP contribution in [0.15, 0.2) is 0 Å². The number of carbonyl (C=O) groups excluding carboxylic acids is 1. The third kappa shape index (κ3) is 10.2. The molecule has 0 bridgehead atoms. The van der Waals surface area contributed by atoms with Gasteiger partial charge in [-0.1, -0.05) is 12.2 Å². The number of rotatable bonds is 9. The van der Waals surface area contributed by atoms with Crippen LogP contribution in [-0.2, 0) is 19.6 Å². The Balaban J connectivity index is 3.79. The lowest BCUT2D eigenvalue weighted by Crippen LogP contribution is -2.31. The Hall–Kier alpha value is -0.730. The first kappa shape index (κ1) is 16.3. The second-order valence-electron chi connectivity index (χ2n) is 3.38. The Morgan fingerprint density at radius 2 is 2.06 bits per heavy atom. The van der Waals surface area contributed by atoms with Crippen LogP contribution < -0.4 is 10.5 Å². The average Bonchev–Trinajstić information content (AvgIpc) is 2.15. The summed E-state index contributed by atoms with van der Waals surface area (Å²) >= 11 is 4.68. The Morgan fingerprint density at radius 1 is 1.41 bits per heavy atom. The van der Waals surface area contributed by atoms with Crippen LogP contribution in [-0.4, -0.2) is 38.3 Å². The molecule has 0 aromatic rings. The molecule has 0 spiro atoms. The first-order chi connectivity index (χ1) is 7.87. The van der Waals surface area contributed by atoms with Gasteiger partial charge in [-0.05, 0) is 26.2 Å². The highest BCUT2D eigenvalue weighted by atomic mass is 32.2. The standard InChI is InChI=1S/C9H18N2O4S2/c1-2-15-9(12)7-17(13,14)11-6-4-3-5-8(10)16/h11H,2-7H2,1H3,(H2,10,16). The van der Waals surface area contributed by atoms with E-state index in [2.05, 4.69) is 21.7 Å². The topological polar surface area (TPSA) is 98.5 Å². The van der Waals surface area contributed by atoms with Gasteiger partial charge in [-0.3, -0.25) is 4.79 Å². The quantitative estimate of drug-likeness (QED) is 0.349. The van der Waals surface area contributed by atoms with Crippen LogP contribution in [0.25, 0.3) is 0 Å². The number of esters is 1. The fraction of sp³-hybridized carbons (Fsp3) is 0.778. The predicted octanol–water partition coefficient (Wildman–Crippen LogP) is -0.0747. The molecule has 0 aliphatic carbocycles. The van der Waals surface area contributed by atoms with E-state index in [1.807, 2.05) is 0 Å². The number of unbranched alkanes of at least 4 members (excludes halogenated alkanes) is 1. The second-order valence-corrected chi connectivity index (χ2v) is 5.71. The maximum absolute atomic E-state index is 11.4. The smallest absolute Gasteiger partial charge is 0.322 e. The molecule has 0 aromatic heterocycles. The predicted molar refractivity (Wildman–Crippen MR) is 69.1 cm³/mol. The minimum atomic E-state index is -3.59. The summed E-state index contributed by atoms with van der Waals surface area (Å²) in [6, 6.07) is 0. The summed E-state index contributed by atoms with van der Waals surface area (Å²) in [5.74, 6) is -1.39. The second kappa shape index (κ2) is 8.37. The van der Waals surface area contributed by atoms with Gasteiger partial charge < -0.3 is 10.5 Å². The van der Waals surface area contributed by atoms with Crippen molar-refractivity contribution >= 4 is 33.2 Å². The van der Waals surface area contributed by atoms with E-state index < -0.39 is 21.7 Å². The van der Waals surface area contributed by atoms with Gasteiger partial charge in [0.05, 0.1) is 11.6 Å². The molecule has 0 aliphatic heterocycles. The lowest BCUT2D eigenvalue weighted by molar-refractivity contribution is -0.139. The van der Waals surface area contributed by atoms with Crippen LogP contribution in [0.2, 0.25) is 0 Å². The highest BCUT2D eigenvalue weighted by Gasteiger charge is 2.16. The van der Waals surface area contributed by atoms with Gasteiger partial charge in [0.1, 0.15) is 0 Å². The molecule has 0 amide bonds. The molecule has 3 N–H and O–H groups in total. The van der Waals surface area contributed by atoms with Crippen LogP contribution >= 0.6 is 12.2 Å². The van der Waals surface area contributed by atoms with Crippen molar-refractivity contribution < 1.29 is 17.9 Å². The Bertz CT molecular complexity index is 354. The summed E-state index contributed by atoms with van der Waals surface area (Å²) in [7, 11) is -3.59. The molecule has 100 valence electrons. The maximum atomic E-state index is 11.4. The molecule has 0 saturated carbocycles. The monoisotopic (exact) mass is 282 g/mol. The Morgan fingerprint density at radius 3 is 2.59 bits per heavy atom. The third-order valence-corrected chi connectivity index (χ3v) is 3.25. The number of thiocarbonyl (C=S) groups is 1. The minimum Gasteiger partial charge on any atom is -0.465 e. The Kier molecular flexibility index (Phi) is 8.01. The van der Waals surface area contributed by atoms with E-state index in [0.717, 1.165) is 6.42 Å². The molecule has 0 aromatic carbocycles. The molecule has 0 unspecified atom stereocenters. The Labute approximate surface area is 107 Å². The number of nitrogens with one attached hydrogen (secondary N) is 1. The van der Waals surface area contributed by atoms with Crippen LogP contribution in [0.3, 0.4) is 0 Å². The zero-order chi connectivity index (χ0) is 13.3. The number of nitrogens with two attached hydrogens (primary N) is 1. The van der Waals surface area contributed by atoms with Crippen LogP contribution in [0.4, 0.5) is 0 Å². The number of carbonyl (C=O) groups is 1. The van der Waals surface area contributed by atoms with Gasteiger partial charge in [0.2, 0.25) is 10.0 Å². The van der Waals surface area contributed by atoms with Crippen molar-refractivity contribution in [3.05, 3.63) is 0 Å². The van der Waals surface area contributed by atoms with E-state index in [4.69, 9.17) is 5.73 Å². The fourth-order valence-electron chi connectivity index (χ4n) is 1.06. The van der Waals surface area contributed by atoms with E-state index in [-0.39, 0.29) is 13.2 Å². The maximum Gasteiger partial charge on any atom is 0.322 e. The van der Waals surface area contributed by atoms with Crippen LogP contribution in [0, 0.1) is 0 Å². The van der Waals surface area contributed by atoms with Crippen molar-refractivity contribution in [2.75, 3.05) is 18.9 Å². The van der Waals surface area contributed by atoms with Crippen molar-refractivity contribution in [2.45, 2.75) is 26.2 Å². The van der Waals surface area contributed by atoms with Crippen molar-refractivity contribution in [2.24, 2.45) is 5.73 Å². The number of ether oxygens (including phenoxy) is 1. The number of hydrogen-bond donors (Lipinski definition) is 2. The molecule has 17 heavy (non-hydrogen) atoms. The van der Waals surface area contributed by atoms with Gasteiger partial charge >= 0.3 is 5.97 Å². The van der Waals surface area contributed by atoms with E-state index in [0.29, 0.717) is 17.8 Å². The lowest BCUT2D eigenvalue weighted by atomic mass is 10.2. The summed E-state index contributed by atoms with van der Waals surface area (Å²) in [5, 5.41) is 0. The summed E-state index contributed by atoms with van der Waals surface area (Å²) in [6.45, 7) is 2.06. The average molecular weight is 282 g/mol.